The highest BCUT2D eigenvalue weighted by molar-refractivity contribution is 6.33. The van der Waals surface area contributed by atoms with Gasteiger partial charge in [0.25, 0.3) is 5.91 Å². The molecule has 7 heteroatoms. The fourth-order valence-corrected chi connectivity index (χ4v) is 2.44. The minimum Gasteiger partial charge on any atom is -0.359 e. The van der Waals surface area contributed by atoms with Gasteiger partial charge in [-0.15, -0.1) is 0 Å². The Morgan fingerprint density at radius 2 is 2.08 bits per heavy atom. The maximum absolute atomic E-state index is 12.6. The Hall–Kier alpha value is -2.34. The van der Waals surface area contributed by atoms with Gasteiger partial charge in [0.1, 0.15) is 0 Å². The summed E-state index contributed by atoms with van der Waals surface area (Å²) in [5.74, 6) is -0.341. The molecule has 0 aliphatic carbocycles. The molecule has 1 aromatic carbocycles. The Labute approximate surface area is 146 Å². The molecule has 2 amide bonds. The molecule has 0 aliphatic rings. The maximum atomic E-state index is 12.6. The predicted octanol–water partition coefficient (Wildman–Crippen LogP) is 2.56. The van der Waals surface area contributed by atoms with Crippen molar-refractivity contribution in [3.8, 4) is 5.69 Å². The van der Waals surface area contributed by atoms with Gasteiger partial charge in [0.05, 0.1) is 16.3 Å². The Balaban J connectivity index is 2.14. The average Bonchev–Trinajstić information content (AvgIpc) is 3.07. The second-order valence-corrected chi connectivity index (χ2v) is 6.53. The first-order valence-corrected chi connectivity index (χ1v) is 8.03. The summed E-state index contributed by atoms with van der Waals surface area (Å²) in [6.45, 7) is 3.75. The molecule has 128 valence electrons. The standard InChI is InChI=1S/C17H21ClN4O2/c1-17(2,8-7-15(23)19-3)21-16(24)13-11-12(5-6-14(13)18)22-10-4-9-20-22/h4-6,9-11H,7-8H2,1-3H3,(H,19,23)(H,21,24). The van der Waals surface area contributed by atoms with Crippen LogP contribution in [0.1, 0.15) is 37.0 Å². The van der Waals surface area contributed by atoms with Gasteiger partial charge < -0.3 is 10.6 Å². The van der Waals surface area contributed by atoms with Crippen molar-refractivity contribution in [1.82, 2.24) is 20.4 Å². The molecule has 1 heterocycles. The lowest BCUT2D eigenvalue weighted by Gasteiger charge is -2.26. The van der Waals surface area contributed by atoms with Crippen molar-refractivity contribution >= 4 is 23.4 Å². The second-order valence-electron chi connectivity index (χ2n) is 6.13. The van der Waals surface area contributed by atoms with Crippen LogP contribution in [0.2, 0.25) is 5.02 Å². The number of hydrogen-bond donors (Lipinski definition) is 2. The number of amides is 2. The first kappa shape index (κ1) is 18.0. The summed E-state index contributed by atoms with van der Waals surface area (Å²) in [4.78, 5) is 24.0. The first-order chi connectivity index (χ1) is 11.3. The molecule has 6 nitrogen and oxygen atoms in total. The van der Waals surface area contributed by atoms with Gasteiger partial charge in [0.2, 0.25) is 5.91 Å². The van der Waals surface area contributed by atoms with Crippen molar-refractivity contribution in [2.24, 2.45) is 0 Å². The van der Waals surface area contributed by atoms with Crippen LogP contribution >= 0.6 is 11.6 Å². The maximum Gasteiger partial charge on any atom is 0.253 e. The number of aromatic nitrogens is 2. The van der Waals surface area contributed by atoms with Gasteiger partial charge in [-0.25, -0.2) is 4.68 Å². The van der Waals surface area contributed by atoms with E-state index in [-0.39, 0.29) is 11.8 Å². The van der Waals surface area contributed by atoms with Gasteiger partial charge in [-0.1, -0.05) is 11.6 Å². The zero-order valence-corrected chi connectivity index (χ0v) is 14.7. The smallest absolute Gasteiger partial charge is 0.253 e. The van der Waals surface area contributed by atoms with Crippen molar-refractivity contribution in [3.05, 3.63) is 47.2 Å². The van der Waals surface area contributed by atoms with Crippen molar-refractivity contribution in [1.29, 1.82) is 0 Å². The number of rotatable bonds is 6. The molecule has 0 unspecified atom stereocenters. The Morgan fingerprint density at radius 3 is 2.71 bits per heavy atom. The number of benzene rings is 1. The van der Waals surface area contributed by atoms with Crippen LogP contribution in [0.15, 0.2) is 36.7 Å². The molecule has 24 heavy (non-hydrogen) atoms. The van der Waals surface area contributed by atoms with Crippen molar-refractivity contribution in [2.45, 2.75) is 32.2 Å². The van der Waals surface area contributed by atoms with Gasteiger partial charge in [-0.2, -0.15) is 5.10 Å². The van der Waals surface area contributed by atoms with E-state index in [2.05, 4.69) is 15.7 Å². The van der Waals surface area contributed by atoms with Gasteiger partial charge in [0.15, 0.2) is 0 Å². The summed E-state index contributed by atoms with van der Waals surface area (Å²) >= 11 is 6.18. The summed E-state index contributed by atoms with van der Waals surface area (Å²) in [5.41, 5.74) is 0.588. The fraction of sp³-hybridized carbons (Fsp3) is 0.353. The van der Waals surface area contributed by atoms with Gasteiger partial charge in [0, 0.05) is 31.4 Å². The highest BCUT2D eigenvalue weighted by Gasteiger charge is 2.23. The first-order valence-electron chi connectivity index (χ1n) is 7.65. The molecule has 0 saturated heterocycles. The van der Waals surface area contributed by atoms with E-state index >= 15 is 0 Å². The van der Waals surface area contributed by atoms with E-state index in [0.717, 1.165) is 5.69 Å². The van der Waals surface area contributed by atoms with Gasteiger partial charge in [-0.3, -0.25) is 9.59 Å². The van der Waals surface area contributed by atoms with Gasteiger partial charge >= 0.3 is 0 Å². The van der Waals surface area contributed by atoms with E-state index in [1.807, 2.05) is 13.8 Å². The number of halogens is 1. The Morgan fingerprint density at radius 1 is 1.33 bits per heavy atom. The van der Waals surface area contributed by atoms with E-state index in [4.69, 9.17) is 11.6 Å². The summed E-state index contributed by atoms with van der Waals surface area (Å²) in [7, 11) is 1.59. The highest BCUT2D eigenvalue weighted by atomic mass is 35.5. The van der Waals surface area contributed by atoms with Crippen LogP contribution in [0.25, 0.3) is 5.69 Å². The monoisotopic (exact) mass is 348 g/mol. The Bertz CT molecular complexity index is 726. The predicted molar refractivity (Wildman–Crippen MR) is 93.4 cm³/mol. The number of hydrogen-bond acceptors (Lipinski definition) is 3. The lowest BCUT2D eigenvalue weighted by Crippen LogP contribution is -2.44. The third-order valence-electron chi connectivity index (χ3n) is 3.67. The zero-order valence-electron chi connectivity index (χ0n) is 14.0. The number of carbonyl (C=O) groups is 2. The SMILES string of the molecule is CNC(=O)CCC(C)(C)NC(=O)c1cc(-n2cccn2)ccc1Cl. The van der Waals surface area contributed by atoms with Crippen molar-refractivity contribution in [2.75, 3.05) is 7.05 Å². The number of nitrogens with one attached hydrogen (secondary N) is 2. The van der Waals surface area contributed by atoms with Crippen molar-refractivity contribution < 1.29 is 9.59 Å². The minimum absolute atomic E-state index is 0.0592. The van der Waals surface area contributed by atoms with E-state index in [9.17, 15) is 9.59 Å². The fourth-order valence-electron chi connectivity index (χ4n) is 2.24. The van der Waals surface area contributed by atoms with Crippen molar-refractivity contribution in [3.63, 3.8) is 0 Å². The molecule has 0 saturated carbocycles. The third-order valence-corrected chi connectivity index (χ3v) is 4.00. The average molecular weight is 349 g/mol. The minimum atomic E-state index is -0.533. The third kappa shape index (κ3) is 4.58. The van der Waals surface area contributed by atoms with E-state index in [1.54, 1.807) is 48.4 Å². The van der Waals surface area contributed by atoms with E-state index < -0.39 is 5.54 Å². The molecule has 0 atom stereocenters. The molecule has 1 aromatic heterocycles. The van der Waals surface area contributed by atoms with Crippen LogP contribution in [0.5, 0.6) is 0 Å². The van der Waals surface area contributed by atoms with Crippen LogP contribution in [-0.2, 0) is 4.79 Å². The topological polar surface area (TPSA) is 76.0 Å². The van der Waals surface area contributed by atoms with Crippen LogP contribution in [0.3, 0.4) is 0 Å². The molecular weight excluding hydrogens is 328 g/mol. The van der Waals surface area contributed by atoms with E-state index in [0.29, 0.717) is 23.4 Å². The highest BCUT2D eigenvalue weighted by Crippen LogP contribution is 2.21. The molecular formula is C17H21ClN4O2. The van der Waals surface area contributed by atoms with Crippen LogP contribution in [-0.4, -0.2) is 34.2 Å². The van der Waals surface area contributed by atoms with Crippen LogP contribution in [0.4, 0.5) is 0 Å². The molecule has 0 fully saturated rings. The summed E-state index contributed by atoms with van der Waals surface area (Å²) in [6.07, 6.45) is 4.31. The second kappa shape index (κ2) is 7.49. The molecule has 0 spiro atoms. The van der Waals surface area contributed by atoms with Gasteiger partial charge in [-0.05, 0) is 44.5 Å². The number of nitrogens with zero attached hydrogens (tertiary/aromatic N) is 2. The molecule has 0 aliphatic heterocycles. The quantitative estimate of drug-likeness (QED) is 0.842. The summed E-state index contributed by atoms with van der Waals surface area (Å²) < 4.78 is 1.66. The molecule has 2 N–H and O–H groups in total. The largest absolute Gasteiger partial charge is 0.359 e. The van der Waals surface area contributed by atoms with Crippen LogP contribution in [0, 0.1) is 0 Å². The van der Waals surface area contributed by atoms with Crippen LogP contribution < -0.4 is 10.6 Å². The molecule has 0 radical (unpaired) electrons. The summed E-state index contributed by atoms with van der Waals surface area (Å²) in [5, 5.41) is 10.0. The number of carbonyl (C=O) groups excluding carboxylic acids is 2. The molecule has 2 aromatic rings. The lowest BCUT2D eigenvalue weighted by atomic mass is 9.97. The van der Waals surface area contributed by atoms with E-state index in [1.165, 1.54) is 0 Å². The lowest BCUT2D eigenvalue weighted by molar-refractivity contribution is -0.121. The molecule has 2 rings (SSSR count). The molecule has 0 bridgehead atoms. The summed E-state index contributed by atoms with van der Waals surface area (Å²) in [6, 6.07) is 6.96. The Kier molecular flexibility index (Phi) is 5.62. The normalized spacial score (nSPS) is 11.2. The zero-order chi connectivity index (χ0) is 17.7.